The molecule has 1 aromatic carbocycles. The number of nitrogens with one attached hydrogen (secondary N) is 3. The lowest BCUT2D eigenvalue weighted by molar-refractivity contribution is 0.0885. The van der Waals surface area contributed by atoms with Gasteiger partial charge in [0.1, 0.15) is 11.2 Å². The smallest absolute Gasteiger partial charge is 0.287 e. The van der Waals surface area contributed by atoms with Crippen molar-refractivity contribution in [3.8, 4) is 0 Å². The Hall–Kier alpha value is -3.88. The molecule has 0 bridgehead atoms. The van der Waals surface area contributed by atoms with Gasteiger partial charge in [-0.15, -0.1) is 0 Å². The van der Waals surface area contributed by atoms with Crippen molar-refractivity contribution in [3.63, 3.8) is 0 Å². The highest BCUT2D eigenvalue weighted by atomic mass is 16.3. The molecule has 9 nitrogen and oxygen atoms in total. The molecule has 29 heavy (non-hydrogen) atoms. The van der Waals surface area contributed by atoms with Gasteiger partial charge in [-0.2, -0.15) is 10.2 Å². The summed E-state index contributed by atoms with van der Waals surface area (Å²) in [4.78, 5) is 25.1. The first-order valence-electron chi connectivity index (χ1n) is 9.00. The summed E-state index contributed by atoms with van der Waals surface area (Å²) >= 11 is 0. The maximum Gasteiger partial charge on any atom is 0.287 e. The van der Waals surface area contributed by atoms with Crippen LogP contribution in [0.5, 0.6) is 0 Å². The van der Waals surface area contributed by atoms with Gasteiger partial charge in [0.15, 0.2) is 17.2 Å². The van der Waals surface area contributed by atoms with Crippen LogP contribution in [0.2, 0.25) is 0 Å². The van der Waals surface area contributed by atoms with Crippen LogP contribution in [0.25, 0.3) is 11.1 Å². The van der Waals surface area contributed by atoms with Crippen molar-refractivity contribution in [3.05, 3.63) is 65.7 Å². The second-order valence-electron chi connectivity index (χ2n) is 7.16. The molecule has 4 rings (SSSR count). The summed E-state index contributed by atoms with van der Waals surface area (Å²) < 4.78 is 7.14. The van der Waals surface area contributed by atoms with E-state index in [0.29, 0.717) is 16.8 Å². The van der Waals surface area contributed by atoms with Crippen LogP contribution in [0, 0.1) is 0 Å². The lowest BCUT2D eigenvalue weighted by Gasteiger charge is -2.26. The Morgan fingerprint density at radius 3 is 2.59 bits per heavy atom. The molecule has 0 saturated heterocycles. The van der Waals surface area contributed by atoms with E-state index in [2.05, 4.69) is 25.9 Å². The quantitative estimate of drug-likeness (QED) is 0.483. The van der Waals surface area contributed by atoms with Crippen LogP contribution < -0.4 is 10.6 Å². The van der Waals surface area contributed by atoms with Gasteiger partial charge in [0.25, 0.3) is 11.8 Å². The van der Waals surface area contributed by atoms with E-state index in [1.807, 2.05) is 44.2 Å². The molecule has 3 aromatic heterocycles. The molecule has 0 aliphatic heterocycles. The zero-order chi connectivity index (χ0) is 20.6. The van der Waals surface area contributed by atoms with Crippen molar-refractivity contribution >= 4 is 28.7 Å². The molecule has 0 aliphatic carbocycles. The molecule has 4 aromatic rings. The van der Waals surface area contributed by atoms with Crippen molar-refractivity contribution in [1.29, 1.82) is 0 Å². The van der Waals surface area contributed by atoms with Gasteiger partial charge in [-0.1, -0.05) is 30.3 Å². The van der Waals surface area contributed by atoms with E-state index in [-0.39, 0.29) is 23.4 Å². The van der Waals surface area contributed by atoms with E-state index in [9.17, 15) is 9.59 Å². The molecular formula is C20H20N6O3. The molecule has 3 heterocycles. The second-order valence-corrected chi connectivity index (χ2v) is 7.16. The van der Waals surface area contributed by atoms with Crippen LogP contribution in [-0.4, -0.2) is 31.8 Å². The van der Waals surface area contributed by atoms with Crippen LogP contribution in [0.15, 0.2) is 53.1 Å². The zero-order valence-electron chi connectivity index (χ0n) is 16.2. The number of benzene rings is 1. The Labute approximate surface area is 166 Å². The molecular weight excluding hydrogens is 372 g/mol. The van der Waals surface area contributed by atoms with E-state index < -0.39 is 5.54 Å². The third kappa shape index (κ3) is 3.49. The number of aromatic nitrogens is 4. The summed E-state index contributed by atoms with van der Waals surface area (Å²) in [6.07, 6.45) is 1.53. The number of H-pyrrole nitrogens is 1. The lowest BCUT2D eigenvalue weighted by Crippen LogP contribution is -2.40. The first-order valence-corrected chi connectivity index (χ1v) is 9.00. The summed E-state index contributed by atoms with van der Waals surface area (Å²) in [6, 6.07) is 12.8. The minimum Gasteiger partial charge on any atom is -0.445 e. The Bertz CT molecular complexity index is 1190. The Morgan fingerprint density at radius 1 is 1.14 bits per heavy atom. The number of aryl methyl sites for hydroxylation is 1. The maximum atomic E-state index is 12.7. The van der Waals surface area contributed by atoms with Gasteiger partial charge in [0, 0.05) is 19.3 Å². The first-order chi connectivity index (χ1) is 13.8. The molecule has 148 valence electrons. The van der Waals surface area contributed by atoms with Crippen LogP contribution >= 0.6 is 0 Å². The topological polar surface area (TPSA) is 118 Å². The summed E-state index contributed by atoms with van der Waals surface area (Å²) in [5, 5.41) is 16.4. The highest BCUT2D eigenvalue weighted by Crippen LogP contribution is 2.26. The molecule has 0 saturated carbocycles. The number of fused-ring (bicyclic) bond motifs is 1. The van der Waals surface area contributed by atoms with Gasteiger partial charge in [0.2, 0.25) is 0 Å². The average molecular weight is 392 g/mol. The van der Waals surface area contributed by atoms with Crippen molar-refractivity contribution in [2.75, 3.05) is 5.32 Å². The fourth-order valence-corrected chi connectivity index (χ4v) is 3.05. The van der Waals surface area contributed by atoms with E-state index in [0.717, 1.165) is 5.56 Å². The van der Waals surface area contributed by atoms with Gasteiger partial charge in [0.05, 0.1) is 5.54 Å². The van der Waals surface area contributed by atoms with E-state index in [4.69, 9.17) is 4.42 Å². The Balaban J connectivity index is 1.55. The molecule has 0 fully saturated rings. The van der Waals surface area contributed by atoms with E-state index in [1.54, 1.807) is 19.2 Å². The molecule has 9 heteroatoms. The maximum absolute atomic E-state index is 12.7. The number of nitrogens with zero attached hydrogens (tertiary/aromatic N) is 3. The molecule has 0 aliphatic rings. The summed E-state index contributed by atoms with van der Waals surface area (Å²) in [7, 11) is 1.67. The van der Waals surface area contributed by atoms with Gasteiger partial charge < -0.3 is 15.1 Å². The highest BCUT2D eigenvalue weighted by molar-refractivity contribution is 6.06. The number of carbonyl (C=O) groups is 2. The Kier molecular flexibility index (Phi) is 4.42. The van der Waals surface area contributed by atoms with E-state index >= 15 is 0 Å². The third-order valence-electron chi connectivity index (χ3n) is 4.67. The fraction of sp³-hybridized carbons (Fsp3) is 0.200. The highest BCUT2D eigenvalue weighted by Gasteiger charge is 2.26. The number of anilines is 1. The minimum atomic E-state index is -0.590. The largest absolute Gasteiger partial charge is 0.445 e. The van der Waals surface area contributed by atoms with Gasteiger partial charge in [-0.25, -0.2) is 0 Å². The third-order valence-corrected chi connectivity index (χ3v) is 4.67. The van der Waals surface area contributed by atoms with Gasteiger partial charge in [-0.3, -0.25) is 19.4 Å². The lowest BCUT2D eigenvalue weighted by atomic mass is 9.94. The van der Waals surface area contributed by atoms with Crippen molar-refractivity contribution in [1.82, 2.24) is 25.3 Å². The molecule has 0 atom stereocenters. The summed E-state index contributed by atoms with van der Waals surface area (Å²) in [5.41, 5.74) is 1.55. The standard InChI is InChI=1S/C20H20N6O3/c1-20(2,12-7-5-4-6-8-12)23-19(28)15-11-13-16(29-15)17(25-24-13)22-18(27)14-9-10-21-26(14)3/h4-11H,1-3H3,(H,23,28)(H2,22,24,25,27). The minimum absolute atomic E-state index is 0.119. The van der Waals surface area contributed by atoms with E-state index in [1.165, 1.54) is 10.9 Å². The van der Waals surface area contributed by atoms with Crippen LogP contribution in [0.1, 0.15) is 40.5 Å². The number of hydrogen-bond donors (Lipinski definition) is 3. The number of amides is 2. The number of furan rings is 1. The van der Waals surface area contributed by atoms with Crippen LogP contribution in [0.3, 0.4) is 0 Å². The summed E-state index contributed by atoms with van der Waals surface area (Å²) in [6.45, 7) is 3.83. The molecule has 0 radical (unpaired) electrons. The number of carbonyl (C=O) groups excluding carboxylic acids is 2. The van der Waals surface area contributed by atoms with Crippen LogP contribution in [0.4, 0.5) is 5.82 Å². The molecule has 0 unspecified atom stereocenters. The monoisotopic (exact) mass is 392 g/mol. The average Bonchev–Trinajstić information content (AvgIpc) is 3.39. The zero-order valence-corrected chi connectivity index (χ0v) is 16.2. The number of rotatable bonds is 5. The molecule has 3 N–H and O–H groups in total. The van der Waals surface area contributed by atoms with Crippen LogP contribution in [-0.2, 0) is 12.6 Å². The van der Waals surface area contributed by atoms with Gasteiger partial charge in [-0.05, 0) is 25.5 Å². The fourth-order valence-electron chi connectivity index (χ4n) is 3.05. The van der Waals surface area contributed by atoms with Gasteiger partial charge >= 0.3 is 0 Å². The van der Waals surface area contributed by atoms with Crippen molar-refractivity contribution in [2.24, 2.45) is 7.05 Å². The summed E-state index contributed by atoms with van der Waals surface area (Å²) in [5.74, 6) is -0.431. The Morgan fingerprint density at radius 2 is 1.90 bits per heavy atom. The van der Waals surface area contributed by atoms with Crippen molar-refractivity contribution < 1.29 is 14.0 Å². The number of hydrogen-bond acceptors (Lipinski definition) is 5. The first kappa shape index (κ1) is 18.5. The normalized spacial score (nSPS) is 11.6. The van der Waals surface area contributed by atoms with Crippen molar-refractivity contribution in [2.45, 2.75) is 19.4 Å². The molecule has 0 spiro atoms. The predicted octanol–water partition coefficient (Wildman–Crippen LogP) is 2.81. The number of aromatic amines is 1. The second kappa shape index (κ2) is 6.93. The predicted molar refractivity (Wildman–Crippen MR) is 106 cm³/mol. The SMILES string of the molecule is Cn1nccc1C(=O)Nc1n[nH]c2cc(C(=O)NC(C)(C)c3ccccc3)oc12. The molecule has 2 amide bonds.